The number of carbonyl (C=O) groups is 1. The van der Waals surface area contributed by atoms with Crippen molar-refractivity contribution in [3.8, 4) is 0 Å². The summed E-state index contributed by atoms with van der Waals surface area (Å²) in [5.41, 5.74) is 1.18. The van der Waals surface area contributed by atoms with E-state index < -0.39 is 0 Å². The van der Waals surface area contributed by atoms with Crippen LogP contribution in [0.4, 0.5) is 0 Å². The Hall–Kier alpha value is -1.36. The minimum absolute atomic E-state index is 0.0119. The summed E-state index contributed by atoms with van der Waals surface area (Å²) < 4.78 is 2.01. The lowest BCUT2D eigenvalue weighted by Crippen LogP contribution is -2.30. The molecule has 0 aliphatic heterocycles. The average molecular weight is 224 g/mol. The Morgan fingerprint density at radius 1 is 1.50 bits per heavy atom. The van der Waals surface area contributed by atoms with Gasteiger partial charge in [0.2, 0.25) is 5.91 Å². The highest BCUT2D eigenvalue weighted by Crippen LogP contribution is 1.99. The predicted octanol–water partition coefficient (Wildman–Crippen LogP) is 0.519. The topological polar surface area (TPSA) is 59.0 Å². The molecule has 0 aliphatic carbocycles. The maximum absolute atomic E-state index is 10.6. The Labute approximate surface area is 96.2 Å². The van der Waals surface area contributed by atoms with Gasteiger partial charge >= 0.3 is 0 Å². The van der Waals surface area contributed by atoms with Crippen molar-refractivity contribution in [3.63, 3.8) is 0 Å². The zero-order valence-corrected chi connectivity index (χ0v) is 9.99. The summed E-state index contributed by atoms with van der Waals surface area (Å²) in [6.45, 7) is 6.84. The zero-order valence-electron chi connectivity index (χ0n) is 9.99. The number of hydrogen-bond donors (Lipinski definition) is 2. The standard InChI is InChI=1S/C11H20N4O/c1-3-8-15-11(4-5-14-15)9-12-6-7-13-10(2)16/h4-5,12H,3,6-9H2,1-2H3,(H,13,16). The minimum Gasteiger partial charge on any atom is -0.355 e. The van der Waals surface area contributed by atoms with Crippen LogP contribution in [0.3, 0.4) is 0 Å². The SMILES string of the molecule is CCCn1nccc1CNCCNC(C)=O. The molecule has 0 aliphatic rings. The highest BCUT2D eigenvalue weighted by Gasteiger charge is 2.00. The Balaban J connectivity index is 2.21. The third kappa shape index (κ3) is 4.44. The smallest absolute Gasteiger partial charge is 0.216 e. The molecule has 1 rings (SSSR count). The molecule has 1 amide bonds. The molecule has 0 radical (unpaired) electrons. The second-order valence-electron chi connectivity index (χ2n) is 3.71. The lowest BCUT2D eigenvalue weighted by molar-refractivity contribution is -0.118. The van der Waals surface area contributed by atoms with Gasteiger partial charge in [-0.25, -0.2) is 0 Å². The van der Waals surface area contributed by atoms with Crippen LogP contribution in [-0.4, -0.2) is 28.8 Å². The Kier molecular flexibility index (Phi) is 5.56. The first kappa shape index (κ1) is 12.7. The van der Waals surface area contributed by atoms with E-state index in [1.807, 2.05) is 16.9 Å². The molecule has 0 spiro atoms. The molecule has 0 bridgehead atoms. The molecule has 5 nitrogen and oxygen atoms in total. The second kappa shape index (κ2) is 7.00. The Bertz CT molecular complexity index is 322. The Morgan fingerprint density at radius 2 is 2.31 bits per heavy atom. The molecule has 0 saturated heterocycles. The van der Waals surface area contributed by atoms with Crippen LogP contribution in [-0.2, 0) is 17.9 Å². The number of aryl methyl sites for hydroxylation is 1. The van der Waals surface area contributed by atoms with Gasteiger partial charge in [-0.3, -0.25) is 9.48 Å². The molecule has 90 valence electrons. The fraction of sp³-hybridized carbons (Fsp3) is 0.636. The van der Waals surface area contributed by atoms with E-state index in [4.69, 9.17) is 0 Å². The van der Waals surface area contributed by atoms with Crippen LogP contribution < -0.4 is 10.6 Å². The fourth-order valence-corrected chi connectivity index (χ4v) is 1.47. The number of hydrogen-bond acceptors (Lipinski definition) is 3. The van der Waals surface area contributed by atoms with Crippen LogP contribution >= 0.6 is 0 Å². The van der Waals surface area contributed by atoms with E-state index in [1.165, 1.54) is 12.6 Å². The highest BCUT2D eigenvalue weighted by atomic mass is 16.1. The quantitative estimate of drug-likeness (QED) is 0.664. The summed E-state index contributed by atoms with van der Waals surface area (Å²) in [6, 6.07) is 2.01. The van der Waals surface area contributed by atoms with Crippen molar-refractivity contribution in [2.24, 2.45) is 0 Å². The van der Waals surface area contributed by atoms with Crippen LogP contribution in [0.15, 0.2) is 12.3 Å². The van der Waals surface area contributed by atoms with Crippen molar-refractivity contribution in [3.05, 3.63) is 18.0 Å². The van der Waals surface area contributed by atoms with E-state index in [0.29, 0.717) is 6.54 Å². The van der Waals surface area contributed by atoms with E-state index in [0.717, 1.165) is 26.1 Å². The summed E-state index contributed by atoms with van der Waals surface area (Å²) in [6.07, 6.45) is 2.90. The van der Waals surface area contributed by atoms with Gasteiger partial charge in [0.25, 0.3) is 0 Å². The summed E-state index contributed by atoms with van der Waals surface area (Å²) in [5.74, 6) is 0.0119. The summed E-state index contributed by atoms with van der Waals surface area (Å²) in [5, 5.41) is 10.2. The third-order valence-corrected chi connectivity index (χ3v) is 2.22. The summed E-state index contributed by atoms with van der Waals surface area (Å²) in [7, 11) is 0. The van der Waals surface area contributed by atoms with Crippen molar-refractivity contribution in [1.29, 1.82) is 0 Å². The highest BCUT2D eigenvalue weighted by molar-refractivity contribution is 5.72. The van der Waals surface area contributed by atoms with Gasteiger partial charge in [-0.05, 0) is 12.5 Å². The van der Waals surface area contributed by atoms with Crippen LogP contribution in [0.1, 0.15) is 26.0 Å². The molecule has 2 N–H and O–H groups in total. The first-order chi connectivity index (χ1) is 7.74. The lowest BCUT2D eigenvalue weighted by atomic mass is 10.4. The second-order valence-corrected chi connectivity index (χ2v) is 3.71. The van der Waals surface area contributed by atoms with Crippen molar-refractivity contribution >= 4 is 5.91 Å². The van der Waals surface area contributed by atoms with Gasteiger partial charge in [0.1, 0.15) is 0 Å². The third-order valence-electron chi connectivity index (χ3n) is 2.22. The van der Waals surface area contributed by atoms with Crippen LogP contribution in [0.2, 0.25) is 0 Å². The van der Waals surface area contributed by atoms with E-state index in [-0.39, 0.29) is 5.91 Å². The molecule has 0 saturated carbocycles. The monoisotopic (exact) mass is 224 g/mol. The molecule has 1 aromatic rings. The molecule has 0 fully saturated rings. The van der Waals surface area contributed by atoms with Gasteiger partial charge in [0.05, 0.1) is 5.69 Å². The average Bonchev–Trinajstić information content (AvgIpc) is 2.65. The molecule has 5 heteroatoms. The van der Waals surface area contributed by atoms with Crippen LogP contribution in [0.5, 0.6) is 0 Å². The van der Waals surface area contributed by atoms with Crippen LogP contribution in [0, 0.1) is 0 Å². The molecule has 0 atom stereocenters. The van der Waals surface area contributed by atoms with Gasteiger partial charge in [-0.15, -0.1) is 0 Å². The van der Waals surface area contributed by atoms with Gasteiger partial charge in [0, 0.05) is 39.3 Å². The predicted molar refractivity (Wildman–Crippen MR) is 62.9 cm³/mol. The lowest BCUT2D eigenvalue weighted by Gasteiger charge is -2.07. The van der Waals surface area contributed by atoms with Gasteiger partial charge in [-0.1, -0.05) is 6.92 Å². The number of nitrogens with one attached hydrogen (secondary N) is 2. The van der Waals surface area contributed by atoms with Gasteiger partial charge in [0.15, 0.2) is 0 Å². The van der Waals surface area contributed by atoms with E-state index in [9.17, 15) is 4.79 Å². The minimum atomic E-state index is 0.0119. The fourth-order valence-electron chi connectivity index (χ4n) is 1.47. The molecule has 0 unspecified atom stereocenters. The number of amides is 1. The molecule has 16 heavy (non-hydrogen) atoms. The first-order valence-corrected chi connectivity index (χ1v) is 5.70. The van der Waals surface area contributed by atoms with E-state index >= 15 is 0 Å². The normalized spacial score (nSPS) is 10.4. The number of aromatic nitrogens is 2. The van der Waals surface area contributed by atoms with Crippen molar-refractivity contribution in [1.82, 2.24) is 20.4 Å². The summed E-state index contributed by atoms with van der Waals surface area (Å²) in [4.78, 5) is 10.6. The van der Waals surface area contributed by atoms with Gasteiger partial charge in [-0.2, -0.15) is 5.10 Å². The van der Waals surface area contributed by atoms with Gasteiger partial charge < -0.3 is 10.6 Å². The number of nitrogens with zero attached hydrogens (tertiary/aromatic N) is 2. The van der Waals surface area contributed by atoms with E-state index in [2.05, 4.69) is 22.7 Å². The van der Waals surface area contributed by atoms with Crippen LogP contribution in [0.25, 0.3) is 0 Å². The molecular weight excluding hydrogens is 204 g/mol. The van der Waals surface area contributed by atoms with Crippen molar-refractivity contribution in [2.75, 3.05) is 13.1 Å². The summed E-state index contributed by atoms with van der Waals surface area (Å²) >= 11 is 0. The zero-order chi connectivity index (χ0) is 11.8. The largest absolute Gasteiger partial charge is 0.355 e. The first-order valence-electron chi connectivity index (χ1n) is 5.70. The molecule has 1 aromatic heterocycles. The number of carbonyl (C=O) groups excluding carboxylic acids is 1. The molecule has 0 aromatic carbocycles. The molecule has 1 heterocycles. The Morgan fingerprint density at radius 3 is 3.00 bits per heavy atom. The molecular formula is C11H20N4O. The van der Waals surface area contributed by atoms with Crippen molar-refractivity contribution < 1.29 is 4.79 Å². The van der Waals surface area contributed by atoms with E-state index in [1.54, 1.807) is 0 Å². The number of rotatable bonds is 7. The maximum atomic E-state index is 10.6. The maximum Gasteiger partial charge on any atom is 0.216 e. The van der Waals surface area contributed by atoms with Crippen molar-refractivity contribution in [2.45, 2.75) is 33.4 Å².